The average molecular weight is 500 g/mol. The van der Waals surface area contributed by atoms with E-state index in [9.17, 15) is 5.41 Å². The summed E-state index contributed by atoms with van der Waals surface area (Å²) in [7, 11) is 0. The molecule has 39 heavy (non-hydrogen) atoms. The van der Waals surface area contributed by atoms with Gasteiger partial charge in [-0.2, -0.15) is 5.10 Å². The van der Waals surface area contributed by atoms with E-state index in [-0.39, 0.29) is 5.71 Å². The molecule has 4 nitrogen and oxygen atoms in total. The molecule has 184 valence electrons. The Labute approximate surface area is 226 Å². The molecule has 0 unspecified atom stereocenters. The Morgan fingerprint density at radius 1 is 0.590 bits per heavy atom. The molecule has 1 aliphatic carbocycles. The van der Waals surface area contributed by atoms with Crippen LogP contribution in [0.2, 0.25) is 0 Å². The fourth-order valence-electron chi connectivity index (χ4n) is 5.55. The SMILES string of the molecule is [N-]=C1C=C(c2c3ccccc3c(-c3ccccc3)c3ccccc23)c2ccccc2/C1=N/Nc1cccnc1. The Hall–Kier alpha value is -5.35. The standard InChI is InChI=1S/C35H23N4/c36-32-21-31(25-14-4-9-19-30(25)35(32)39-38-24-13-10-20-37-22-24)34-28-17-7-5-15-26(28)33(23-11-2-1-3-12-23)27-16-6-8-18-29(27)34/h1-22,38H/q-1/b39-35-. The van der Waals surface area contributed by atoms with Gasteiger partial charge >= 0.3 is 0 Å². The molecule has 7 rings (SSSR count). The van der Waals surface area contributed by atoms with E-state index >= 15 is 0 Å². The molecular weight excluding hydrogens is 476 g/mol. The van der Waals surface area contributed by atoms with Crippen LogP contribution in [0.1, 0.15) is 16.7 Å². The molecule has 0 bridgehead atoms. The number of aromatic nitrogens is 1. The van der Waals surface area contributed by atoms with E-state index in [1.165, 1.54) is 21.9 Å². The molecule has 1 aromatic heterocycles. The number of nitrogens with zero attached hydrogens (tertiary/aromatic N) is 3. The van der Waals surface area contributed by atoms with Gasteiger partial charge in [0.15, 0.2) is 0 Å². The van der Waals surface area contributed by atoms with Gasteiger partial charge in [-0.1, -0.05) is 109 Å². The van der Waals surface area contributed by atoms with Crippen LogP contribution in [0.25, 0.3) is 43.7 Å². The van der Waals surface area contributed by atoms with Gasteiger partial charge in [0.2, 0.25) is 0 Å². The number of benzene rings is 5. The molecule has 0 spiro atoms. The number of hydrazone groups is 1. The average Bonchev–Trinajstić information content (AvgIpc) is 3.00. The summed E-state index contributed by atoms with van der Waals surface area (Å²) in [5.74, 6) is 0. The largest absolute Gasteiger partial charge is 0.802 e. The number of hydrogen-bond donors (Lipinski definition) is 1. The highest BCUT2D eigenvalue weighted by atomic mass is 15.3. The molecule has 0 fully saturated rings. The Morgan fingerprint density at radius 2 is 1.18 bits per heavy atom. The number of allylic oxidation sites excluding steroid dienone is 1. The maximum Gasteiger partial charge on any atom is 0.0750 e. The Balaban J connectivity index is 1.49. The second-order valence-electron chi connectivity index (χ2n) is 9.51. The maximum atomic E-state index is 11.4. The van der Waals surface area contributed by atoms with Gasteiger partial charge in [0.1, 0.15) is 0 Å². The molecule has 0 amide bonds. The summed E-state index contributed by atoms with van der Waals surface area (Å²) >= 11 is 0. The number of hydrogen-bond acceptors (Lipinski definition) is 3. The highest BCUT2D eigenvalue weighted by molar-refractivity contribution is 6.56. The predicted octanol–water partition coefficient (Wildman–Crippen LogP) is 8.33. The van der Waals surface area contributed by atoms with Gasteiger partial charge in [0, 0.05) is 11.8 Å². The number of anilines is 1. The zero-order valence-electron chi connectivity index (χ0n) is 21.0. The molecule has 1 aliphatic rings. The quantitative estimate of drug-likeness (QED) is 0.196. The van der Waals surface area contributed by atoms with Crippen LogP contribution < -0.4 is 5.43 Å². The first-order valence-corrected chi connectivity index (χ1v) is 12.9. The minimum absolute atomic E-state index is 0.111. The van der Waals surface area contributed by atoms with Crippen LogP contribution in [0.15, 0.2) is 139 Å². The molecule has 0 aliphatic heterocycles. The first kappa shape index (κ1) is 22.8. The predicted molar refractivity (Wildman–Crippen MR) is 163 cm³/mol. The smallest absolute Gasteiger partial charge is 0.0750 e. The van der Waals surface area contributed by atoms with Crippen molar-refractivity contribution in [1.82, 2.24) is 4.98 Å². The Bertz CT molecular complexity index is 1880. The lowest BCUT2D eigenvalue weighted by atomic mass is 9.79. The second-order valence-corrected chi connectivity index (χ2v) is 9.51. The van der Waals surface area contributed by atoms with Crippen molar-refractivity contribution in [3.63, 3.8) is 0 Å². The highest BCUT2D eigenvalue weighted by Gasteiger charge is 2.23. The molecule has 6 aromatic rings. The summed E-state index contributed by atoms with van der Waals surface area (Å²) in [6.07, 6.45) is 5.26. The molecule has 0 radical (unpaired) electrons. The molecule has 4 heteroatoms. The molecular formula is C35H23N4-. The van der Waals surface area contributed by atoms with E-state index in [4.69, 9.17) is 0 Å². The summed E-state index contributed by atoms with van der Waals surface area (Å²) < 4.78 is 0. The number of rotatable bonds is 4. The maximum absolute atomic E-state index is 11.4. The van der Waals surface area contributed by atoms with E-state index in [0.29, 0.717) is 5.71 Å². The Kier molecular flexibility index (Phi) is 5.56. The van der Waals surface area contributed by atoms with Crippen molar-refractivity contribution in [2.24, 2.45) is 5.10 Å². The third-order valence-electron chi connectivity index (χ3n) is 7.22. The normalized spacial score (nSPS) is 13.9. The van der Waals surface area contributed by atoms with Crippen molar-refractivity contribution in [3.05, 3.63) is 156 Å². The number of nitrogens with one attached hydrogen (secondary N) is 1. The summed E-state index contributed by atoms with van der Waals surface area (Å²) in [6.45, 7) is 0. The first-order chi connectivity index (χ1) is 19.3. The third kappa shape index (κ3) is 3.90. The van der Waals surface area contributed by atoms with Crippen molar-refractivity contribution in [3.8, 4) is 11.1 Å². The third-order valence-corrected chi connectivity index (χ3v) is 7.22. The topological polar surface area (TPSA) is 59.6 Å². The molecule has 0 saturated heterocycles. The van der Waals surface area contributed by atoms with E-state index in [0.717, 1.165) is 38.7 Å². The van der Waals surface area contributed by atoms with Gasteiger partial charge in [0.05, 0.1) is 17.6 Å². The second kappa shape index (κ2) is 9.51. The molecule has 1 N–H and O–H groups in total. The van der Waals surface area contributed by atoms with Crippen LogP contribution in [-0.4, -0.2) is 16.4 Å². The van der Waals surface area contributed by atoms with Crippen LogP contribution in [-0.2, 0) is 0 Å². The summed E-state index contributed by atoms with van der Waals surface area (Å²) in [6, 6.07) is 39.5. The molecule has 1 heterocycles. The van der Waals surface area contributed by atoms with Crippen LogP contribution in [0, 0.1) is 0 Å². The zero-order valence-corrected chi connectivity index (χ0v) is 21.0. The van der Waals surface area contributed by atoms with Gasteiger partial charge in [0.25, 0.3) is 0 Å². The van der Waals surface area contributed by atoms with E-state index in [2.05, 4.69) is 94.4 Å². The minimum Gasteiger partial charge on any atom is -0.802 e. The van der Waals surface area contributed by atoms with Gasteiger partial charge < -0.3 is 5.41 Å². The van der Waals surface area contributed by atoms with E-state index in [1.807, 2.05) is 42.5 Å². The fraction of sp³-hybridized carbons (Fsp3) is 0. The zero-order chi connectivity index (χ0) is 26.2. The summed E-state index contributed by atoms with van der Waals surface area (Å²) in [4.78, 5) is 4.14. The fourth-order valence-corrected chi connectivity index (χ4v) is 5.55. The lowest BCUT2D eigenvalue weighted by Crippen LogP contribution is -2.21. The highest BCUT2D eigenvalue weighted by Crippen LogP contribution is 2.44. The van der Waals surface area contributed by atoms with Gasteiger partial charge in [-0.05, 0) is 61.5 Å². The van der Waals surface area contributed by atoms with Crippen LogP contribution in [0.5, 0.6) is 0 Å². The van der Waals surface area contributed by atoms with Crippen LogP contribution in [0.4, 0.5) is 5.69 Å². The van der Waals surface area contributed by atoms with E-state index < -0.39 is 0 Å². The van der Waals surface area contributed by atoms with Crippen molar-refractivity contribution < 1.29 is 0 Å². The minimum atomic E-state index is 0.111. The molecule has 0 saturated carbocycles. The van der Waals surface area contributed by atoms with Crippen molar-refractivity contribution >= 4 is 44.2 Å². The van der Waals surface area contributed by atoms with Gasteiger partial charge in [-0.25, -0.2) is 0 Å². The molecule has 0 atom stereocenters. The van der Waals surface area contributed by atoms with Crippen molar-refractivity contribution in [2.75, 3.05) is 5.43 Å². The van der Waals surface area contributed by atoms with Crippen LogP contribution >= 0.6 is 0 Å². The lowest BCUT2D eigenvalue weighted by Gasteiger charge is -2.27. The lowest BCUT2D eigenvalue weighted by molar-refractivity contribution is 1.27. The van der Waals surface area contributed by atoms with Crippen LogP contribution in [0.3, 0.4) is 0 Å². The van der Waals surface area contributed by atoms with Crippen molar-refractivity contribution in [2.45, 2.75) is 0 Å². The first-order valence-electron chi connectivity index (χ1n) is 12.9. The number of fused-ring (bicyclic) bond motifs is 3. The van der Waals surface area contributed by atoms with E-state index in [1.54, 1.807) is 12.4 Å². The van der Waals surface area contributed by atoms with Crippen molar-refractivity contribution in [1.29, 1.82) is 0 Å². The van der Waals surface area contributed by atoms with Gasteiger partial charge in [-0.3, -0.25) is 10.4 Å². The van der Waals surface area contributed by atoms with Gasteiger partial charge in [-0.15, -0.1) is 5.71 Å². The Morgan fingerprint density at radius 3 is 1.82 bits per heavy atom. The monoisotopic (exact) mass is 499 g/mol. The molecule has 5 aromatic carbocycles. The number of pyridine rings is 1. The summed E-state index contributed by atoms with van der Waals surface area (Å²) in [5, 5.41) is 20.6. The summed E-state index contributed by atoms with van der Waals surface area (Å²) in [5.41, 5.74) is 10.7.